The van der Waals surface area contributed by atoms with E-state index >= 15 is 0 Å². The molecule has 0 heteroatoms. The molecule has 0 heterocycles. The predicted molar refractivity (Wildman–Crippen MR) is 57.4 cm³/mol. The van der Waals surface area contributed by atoms with Gasteiger partial charge in [0.2, 0.25) is 0 Å². The molecule has 4 rings (SSSR count). The molecule has 0 nitrogen and oxygen atoms in total. The Morgan fingerprint density at radius 1 is 1.07 bits per heavy atom. The van der Waals surface area contributed by atoms with E-state index in [1.165, 1.54) is 32.1 Å². The fourth-order valence-electron chi connectivity index (χ4n) is 4.20. The smallest absolute Gasteiger partial charge is 0.00101 e. The zero-order valence-corrected chi connectivity index (χ0v) is 8.50. The average molecular weight is 184 g/mol. The van der Waals surface area contributed by atoms with E-state index in [0.717, 1.165) is 11.8 Å². The van der Waals surface area contributed by atoms with Gasteiger partial charge in [0.1, 0.15) is 0 Å². The minimum absolute atomic E-state index is 0.666. The Labute approximate surface area is 85.3 Å². The van der Waals surface area contributed by atoms with E-state index < -0.39 is 0 Å². The van der Waals surface area contributed by atoms with Crippen LogP contribution in [0.1, 0.15) is 49.1 Å². The second-order valence-corrected chi connectivity index (χ2v) is 5.39. The SMILES string of the molecule is c1ccc2c(c1)C1CCC1C21CCC1. The summed E-state index contributed by atoms with van der Waals surface area (Å²) in [4.78, 5) is 0. The molecule has 2 fully saturated rings. The lowest BCUT2D eigenvalue weighted by atomic mass is 9.54. The number of hydrogen-bond donors (Lipinski definition) is 0. The summed E-state index contributed by atoms with van der Waals surface area (Å²) in [5, 5.41) is 0. The predicted octanol–water partition coefficient (Wildman–Crippen LogP) is 3.62. The monoisotopic (exact) mass is 184 g/mol. The number of hydrogen-bond acceptors (Lipinski definition) is 0. The van der Waals surface area contributed by atoms with Gasteiger partial charge in [-0.25, -0.2) is 0 Å². The lowest BCUT2D eigenvalue weighted by Crippen LogP contribution is -2.42. The van der Waals surface area contributed by atoms with Crippen molar-refractivity contribution in [2.45, 2.75) is 43.4 Å². The van der Waals surface area contributed by atoms with Crippen molar-refractivity contribution in [3.8, 4) is 0 Å². The topological polar surface area (TPSA) is 0 Å². The third-order valence-electron chi connectivity index (χ3n) is 5.13. The molecule has 2 saturated carbocycles. The summed E-state index contributed by atoms with van der Waals surface area (Å²) in [6, 6.07) is 9.27. The van der Waals surface area contributed by atoms with Gasteiger partial charge in [0.05, 0.1) is 0 Å². The van der Waals surface area contributed by atoms with E-state index in [4.69, 9.17) is 0 Å². The summed E-state index contributed by atoms with van der Waals surface area (Å²) < 4.78 is 0. The van der Waals surface area contributed by atoms with E-state index in [-0.39, 0.29) is 0 Å². The summed E-state index contributed by atoms with van der Waals surface area (Å²) in [7, 11) is 0. The molecule has 2 atom stereocenters. The van der Waals surface area contributed by atoms with E-state index in [2.05, 4.69) is 24.3 Å². The van der Waals surface area contributed by atoms with Gasteiger partial charge in [0.15, 0.2) is 0 Å². The van der Waals surface area contributed by atoms with E-state index in [1.807, 2.05) is 0 Å². The van der Waals surface area contributed by atoms with Gasteiger partial charge in [-0.1, -0.05) is 30.7 Å². The Hall–Kier alpha value is -0.780. The van der Waals surface area contributed by atoms with Crippen LogP contribution in [0.3, 0.4) is 0 Å². The maximum Gasteiger partial charge on any atom is -0.00101 e. The van der Waals surface area contributed by atoms with Gasteiger partial charge in [-0.3, -0.25) is 0 Å². The van der Waals surface area contributed by atoms with Crippen molar-refractivity contribution in [3.63, 3.8) is 0 Å². The van der Waals surface area contributed by atoms with Crippen LogP contribution in [0, 0.1) is 5.92 Å². The van der Waals surface area contributed by atoms with Gasteiger partial charge in [-0.05, 0) is 54.1 Å². The summed E-state index contributed by atoms with van der Waals surface area (Å²) in [5.41, 5.74) is 4.11. The van der Waals surface area contributed by atoms with Crippen LogP contribution < -0.4 is 0 Å². The second kappa shape index (κ2) is 2.24. The summed E-state index contributed by atoms with van der Waals surface area (Å²) in [5.74, 6) is 1.99. The first-order chi connectivity index (χ1) is 6.92. The molecule has 0 radical (unpaired) electrons. The van der Waals surface area contributed by atoms with Crippen molar-refractivity contribution in [1.82, 2.24) is 0 Å². The van der Waals surface area contributed by atoms with Crippen molar-refractivity contribution < 1.29 is 0 Å². The Morgan fingerprint density at radius 3 is 2.57 bits per heavy atom. The highest BCUT2D eigenvalue weighted by Crippen LogP contribution is 2.67. The number of rotatable bonds is 0. The molecule has 0 amide bonds. The minimum Gasteiger partial charge on any atom is -0.0620 e. The van der Waals surface area contributed by atoms with E-state index in [9.17, 15) is 0 Å². The molecule has 1 aromatic carbocycles. The maximum absolute atomic E-state index is 2.41. The molecule has 0 saturated heterocycles. The van der Waals surface area contributed by atoms with Gasteiger partial charge < -0.3 is 0 Å². The molecule has 3 aliphatic rings. The Bertz CT molecular complexity index is 387. The summed E-state index contributed by atoms with van der Waals surface area (Å²) in [6.45, 7) is 0. The van der Waals surface area contributed by atoms with Gasteiger partial charge in [-0.15, -0.1) is 0 Å². The molecule has 1 aromatic rings. The van der Waals surface area contributed by atoms with Gasteiger partial charge in [0, 0.05) is 0 Å². The number of fused-ring (bicyclic) bond motifs is 5. The standard InChI is InChI=1S/C14H16/c1-2-5-12-10(4-1)11-6-7-13(11)14(12)8-3-9-14/h1-2,4-5,11,13H,3,6-9H2. The third-order valence-corrected chi connectivity index (χ3v) is 5.13. The highest BCUT2D eigenvalue weighted by atomic mass is 14.6. The Morgan fingerprint density at radius 2 is 1.93 bits per heavy atom. The zero-order valence-electron chi connectivity index (χ0n) is 8.50. The summed E-state index contributed by atoms with van der Waals surface area (Å²) in [6.07, 6.45) is 7.39. The molecule has 2 unspecified atom stereocenters. The molecule has 0 bridgehead atoms. The van der Waals surface area contributed by atoms with Gasteiger partial charge >= 0.3 is 0 Å². The fraction of sp³-hybridized carbons (Fsp3) is 0.571. The highest BCUT2D eigenvalue weighted by molar-refractivity contribution is 5.47. The molecule has 0 N–H and O–H groups in total. The molecular formula is C14H16. The maximum atomic E-state index is 2.41. The third kappa shape index (κ3) is 0.627. The van der Waals surface area contributed by atoms with Gasteiger partial charge in [-0.2, -0.15) is 0 Å². The van der Waals surface area contributed by atoms with Crippen LogP contribution in [0.4, 0.5) is 0 Å². The van der Waals surface area contributed by atoms with Crippen molar-refractivity contribution in [1.29, 1.82) is 0 Å². The second-order valence-electron chi connectivity index (χ2n) is 5.39. The van der Waals surface area contributed by atoms with Crippen molar-refractivity contribution >= 4 is 0 Å². The van der Waals surface area contributed by atoms with Crippen LogP contribution in [0.2, 0.25) is 0 Å². The number of benzene rings is 1. The van der Waals surface area contributed by atoms with E-state index in [0.29, 0.717) is 5.41 Å². The first-order valence-electron chi connectivity index (χ1n) is 6.01. The quantitative estimate of drug-likeness (QED) is 0.577. The lowest BCUT2D eigenvalue weighted by Gasteiger charge is -2.49. The van der Waals surface area contributed by atoms with Crippen LogP contribution in [-0.4, -0.2) is 0 Å². The zero-order chi connectivity index (χ0) is 9.17. The van der Waals surface area contributed by atoms with Gasteiger partial charge in [0.25, 0.3) is 0 Å². The van der Waals surface area contributed by atoms with Crippen LogP contribution in [0.5, 0.6) is 0 Å². The van der Waals surface area contributed by atoms with Crippen molar-refractivity contribution in [2.24, 2.45) is 5.92 Å². The summed E-state index contributed by atoms with van der Waals surface area (Å²) >= 11 is 0. The first kappa shape index (κ1) is 7.50. The van der Waals surface area contributed by atoms with E-state index in [1.54, 1.807) is 11.1 Å². The van der Waals surface area contributed by atoms with Crippen LogP contribution in [-0.2, 0) is 5.41 Å². The van der Waals surface area contributed by atoms with Crippen LogP contribution in [0.15, 0.2) is 24.3 Å². The largest absolute Gasteiger partial charge is 0.0620 e. The highest BCUT2D eigenvalue weighted by Gasteiger charge is 2.57. The Balaban J connectivity index is 1.95. The normalized spacial score (nSPS) is 35.7. The Kier molecular flexibility index (Phi) is 1.20. The lowest BCUT2D eigenvalue weighted by molar-refractivity contribution is 0.0847. The molecule has 14 heavy (non-hydrogen) atoms. The van der Waals surface area contributed by atoms with Crippen molar-refractivity contribution in [2.75, 3.05) is 0 Å². The average Bonchev–Trinajstić information content (AvgIpc) is 2.29. The molecule has 0 aromatic heterocycles. The minimum atomic E-state index is 0.666. The molecular weight excluding hydrogens is 168 g/mol. The molecule has 0 aliphatic heterocycles. The van der Waals surface area contributed by atoms with Crippen molar-refractivity contribution in [3.05, 3.63) is 35.4 Å². The first-order valence-corrected chi connectivity index (χ1v) is 6.01. The molecule has 1 spiro atoms. The fourth-order valence-corrected chi connectivity index (χ4v) is 4.20. The van der Waals surface area contributed by atoms with Crippen LogP contribution in [0.25, 0.3) is 0 Å². The molecule has 3 aliphatic carbocycles. The van der Waals surface area contributed by atoms with Crippen LogP contribution >= 0.6 is 0 Å². The molecule has 72 valence electrons.